The zero-order valence-electron chi connectivity index (χ0n) is 9.91. The third-order valence-electron chi connectivity index (χ3n) is 3.29. The summed E-state index contributed by atoms with van der Waals surface area (Å²) in [6.45, 7) is 6.37. The van der Waals surface area contributed by atoms with Crippen LogP contribution in [-0.2, 0) is 6.54 Å². The van der Waals surface area contributed by atoms with Crippen LogP contribution in [0, 0.1) is 5.92 Å². The SMILES string of the molecule is CC1CC(C)N(c2cc(Br)cc(CN)c2)C1. The molecule has 0 bridgehead atoms. The highest BCUT2D eigenvalue weighted by atomic mass is 79.9. The van der Waals surface area contributed by atoms with Gasteiger partial charge < -0.3 is 10.6 Å². The van der Waals surface area contributed by atoms with E-state index >= 15 is 0 Å². The molecule has 0 radical (unpaired) electrons. The largest absolute Gasteiger partial charge is 0.369 e. The molecule has 1 fully saturated rings. The molecule has 3 heteroatoms. The molecular formula is C13H19BrN2. The van der Waals surface area contributed by atoms with Gasteiger partial charge >= 0.3 is 0 Å². The lowest BCUT2D eigenvalue weighted by Gasteiger charge is -2.24. The van der Waals surface area contributed by atoms with Gasteiger partial charge in [0.2, 0.25) is 0 Å². The van der Waals surface area contributed by atoms with Gasteiger partial charge in [0.1, 0.15) is 0 Å². The van der Waals surface area contributed by atoms with Crippen LogP contribution in [0.4, 0.5) is 5.69 Å². The lowest BCUT2D eigenvalue weighted by Crippen LogP contribution is -2.26. The van der Waals surface area contributed by atoms with Crippen LogP contribution in [0.25, 0.3) is 0 Å². The zero-order valence-corrected chi connectivity index (χ0v) is 11.5. The van der Waals surface area contributed by atoms with Crippen LogP contribution in [0.15, 0.2) is 22.7 Å². The second-order valence-electron chi connectivity index (χ2n) is 4.86. The minimum Gasteiger partial charge on any atom is -0.369 e. The summed E-state index contributed by atoms with van der Waals surface area (Å²) in [6.07, 6.45) is 1.28. The summed E-state index contributed by atoms with van der Waals surface area (Å²) < 4.78 is 1.12. The van der Waals surface area contributed by atoms with E-state index in [9.17, 15) is 0 Å². The van der Waals surface area contributed by atoms with Gasteiger partial charge in [0, 0.05) is 29.3 Å². The first-order chi connectivity index (χ1) is 7.60. The van der Waals surface area contributed by atoms with Crippen molar-refractivity contribution in [3.8, 4) is 0 Å². The van der Waals surface area contributed by atoms with Gasteiger partial charge in [0.05, 0.1) is 0 Å². The van der Waals surface area contributed by atoms with Gasteiger partial charge in [0.25, 0.3) is 0 Å². The summed E-state index contributed by atoms with van der Waals surface area (Å²) in [4.78, 5) is 2.48. The van der Waals surface area contributed by atoms with Crippen LogP contribution in [0.3, 0.4) is 0 Å². The van der Waals surface area contributed by atoms with Crippen LogP contribution in [0.2, 0.25) is 0 Å². The average molecular weight is 283 g/mol. The molecule has 1 heterocycles. The Hall–Kier alpha value is -0.540. The van der Waals surface area contributed by atoms with Crippen LogP contribution in [-0.4, -0.2) is 12.6 Å². The predicted molar refractivity (Wildman–Crippen MR) is 72.6 cm³/mol. The molecule has 16 heavy (non-hydrogen) atoms. The van der Waals surface area contributed by atoms with E-state index in [-0.39, 0.29) is 0 Å². The standard InChI is InChI=1S/C13H19BrN2/c1-9-3-10(2)16(8-9)13-5-11(7-15)4-12(14)6-13/h4-6,9-10H,3,7-8,15H2,1-2H3. The number of anilines is 1. The van der Waals surface area contributed by atoms with Crippen molar-refractivity contribution in [2.45, 2.75) is 32.9 Å². The molecule has 1 saturated heterocycles. The number of hydrogen-bond acceptors (Lipinski definition) is 2. The molecule has 0 amide bonds. The molecule has 1 aromatic carbocycles. The van der Waals surface area contributed by atoms with E-state index in [1.807, 2.05) is 0 Å². The first-order valence-corrected chi connectivity index (χ1v) is 6.65. The highest BCUT2D eigenvalue weighted by Crippen LogP contribution is 2.31. The van der Waals surface area contributed by atoms with E-state index in [0.717, 1.165) is 16.9 Å². The number of benzene rings is 1. The first kappa shape index (κ1) is 11.9. The van der Waals surface area contributed by atoms with Crippen LogP contribution < -0.4 is 10.6 Å². The van der Waals surface area contributed by atoms with E-state index < -0.39 is 0 Å². The number of halogens is 1. The minimum atomic E-state index is 0.601. The molecular weight excluding hydrogens is 264 g/mol. The van der Waals surface area contributed by atoms with E-state index in [0.29, 0.717) is 12.6 Å². The average Bonchev–Trinajstić information content (AvgIpc) is 2.57. The fourth-order valence-electron chi connectivity index (χ4n) is 2.58. The monoisotopic (exact) mass is 282 g/mol. The Morgan fingerprint density at radius 1 is 1.38 bits per heavy atom. The maximum Gasteiger partial charge on any atom is 0.0383 e. The minimum absolute atomic E-state index is 0.601. The number of hydrogen-bond donors (Lipinski definition) is 1. The maximum atomic E-state index is 5.71. The second-order valence-corrected chi connectivity index (χ2v) is 5.78. The Labute approximate surface area is 106 Å². The fraction of sp³-hybridized carbons (Fsp3) is 0.538. The predicted octanol–water partition coefficient (Wildman–Crippen LogP) is 3.14. The third kappa shape index (κ3) is 2.41. The first-order valence-electron chi connectivity index (χ1n) is 5.86. The van der Waals surface area contributed by atoms with Gasteiger partial charge in [0.15, 0.2) is 0 Å². The molecule has 1 aromatic rings. The summed E-state index contributed by atoms with van der Waals surface area (Å²) in [6, 6.07) is 7.12. The van der Waals surface area contributed by atoms with Crippen molar-refractivity contribution in [3.63, 3.8) is 0 Å². The van der Waals surface area contributed by atoms with Gasteiger partial charge in [-0.1, -0.05) is 22.9 Å². The number of rotatable bonds is 2. The second kappa shape index (κ2) is 4.76. The molecule has 0 spiro atoms. The van der Waals surface area contributed by atoms with Crippen LogP contribution >= 0.6 is 15.9 Å². The summed E-state index contributed by atoms with van der Waals surface area (Å²) >= 11 is 3.55. The van der Waals surface area contributed by atoms with Crippen LogP contribution in [0.5, 0.6) is 0 Å². The Bertz CT molecular complexity index is 378. The molecule has 0 aromatic heterocycles. The maximum absolute atomic E-state index is 5.71. The molecule has 2 N–H and O–H groups in total. The van der Waals surface area contributed by atoms with Crippen molar-refractivity contribution in [1.29, 1.82) is 0 Å². The van der Waals surface area contributed by atoms with Gasteiger partial charge in [-0.25, -0.2) is 0 Å². The Morgan fingerprint density at radius 3 is 2.69 bits per heavy atom. The molecule has 88 valence electrons. The molecule has 2 unspecified atom stereocenters. The fourth-order valence-corrected chi connectivity index (χ4v) is 3.11. The van der Waals surface area contributed by atoms with Crippen molar-refractivity contribution in [2.24, 2.45) is 11.7 Å². The van der Waals surface area contributed by atoms with Gasteiger partial charge in [-0.2, -0.15) is 0 Å². The number of nitrogens with zero attached hydrogens (tertiary/aromatic N) is 1. The topological polar surface area (TPSA) is 29.3 Å². The van der Waals surface area contributed by atoms with Gasteiger partial charge in [-0.15, -0.1) is 0 Å². The van der Waals surface area contributed by atoms with Crippen LogP contribution in [0.1, 0.15) is 25.8 Å². The summed E-state index contributed by atoms with van der Waals surface area (Å²) in [5.74, 6) is 0.787. The smallest absolute Gasteiger partial charge is 0.0383 e. The molecule has 2 atom stereocenters. The van der Waals surface area contributed by atoms with E-state index in [1.165, 1.54) is 17.7 Å². The zero-order chi connectivity index (χ0) is 11.7. The van der Waals surface area contributed by atoms with Gasteiger partial charge in [-0.05, 0) is 43.0 Å². The van der Waals surface area contributed by atoms with Crippen molar-refractivity contribution in [2.75, 3.05) is 11.4 Å². The van der Waals surface area contributed by atoms with Crippen molar-refractivity contribution >= 4 is 21.6 Å². The molecule has 0 saturated carbocycles. The highest BCUT2D eigenvalue weighted by molar-refractivity contribution is 9.10. The molecule has 1 aliphatic heterocycles. The quantitative estimate of drug-likeness (QED) is 0.903. The lowest BCUT2D eigenvalue weighted by molar-refractivity contribution is 0.625. The Balaban J connectivity index is 2.29. The van der Waals surface area contributed by atoms with Crippen molar-refractivity contribution < 1.29 is 0 Å². The third-order valence-corrected chi connectivity index (χ3v) is 3.75. The van der Waals surface area contributed by atoms with E-state index in [4.69, 9.17) is 5.73 Å². The molecule has 1 aliphatic rings. The summed E-state index contributed by atoms with van der Waals surface area (Å²) in [7, 11) is 0. The normalized spacial score (nSPS) is 25.1. The Morgan fingerprint density at radius 2 is 2.12 bits per heavy atom. The van der Waals surface area contributed by atoms with Crippen molar-refractivity contribution in [1.82, 2.24) is 0 Å². The van der Waals surface area contributed by atoms with Crippen molar-refractivity contribution in [3.05, 3.63) is 28.2 Å². The lowest BCUT2D eigenvalue weighted by atomic mass is 10.1. The van der Waals surface area contributed by atoms with E-state index in [2.05, 4.69) is 52.9 Å². The number of nitrogens with two attached hydrogens (primary N) is 1. The molecule has 2 rings (SSSR count). The molecule has 0 aliphatic carbocycles. The summed E-state index contributed by atoms with van der Waals surface area (Å²) in [5.41, 5.74) is 8.20. The Kier molecular flexibility index (Phi) is 3.55. The molecule has 2 nitrogen and oxygen atoms in total. The van der Waals surface area contributed by atoms with Gasteiger partial charge in [-0.3, -0.25) is 0 Å². The highest BCUT2D eigenvalue weighted by Gasteiger charge is 2.26. The van der Waals surface area contributed by atoms with E-state index in [1.54, 1.807) is 0 Å². The summed E-state index contributed by atoms with van der Waals surface area (Å²) in [5, 5.41) is 0.